The van der Waals surface area contributed by atoms with Gasteiger partial charge in [0.15, 0.2) is 5.60 Å². The van der Waals surface area contributed by atoms with E-state index in [9.17, 15) is 23.1 Å². The molecule has 3 aromatic carbocycles. The summed E-state index contributed by atoms with van der Waals surface area (Å²) in [6.07, 6.45) is -0.350. The summed E-state index contributed by atoms with van der Waals surface area (Å²) in [6, 6.07) is 15.0. The standard InChI is InChI=1S/C24H19F3N2O2S/c1-15-8-21(5-2-17(15)13-28)29-23(30)24(31,12-16-9-19(26)11-20(27)10-16)14-32-22-6-3-18(25)4-7-22/h2-11,31H,12,14H2,1H3,(H,29,30)/t24-/m0/s1. The first-order chi connectivity index (χ1) is 15.2. The van der Waals surface area contributed by atoms with E-state index in [0.29, 0.717) is 27.8 Å². The van der Waals surface area contributed by atoms with E-state index in [1.54, 1.807) is 19.1 Å². The number of nitrogens with one attached hydrogen (secondary N) is 1. The van der Waals surface area contributed by atoms with Crippen LogP contribution in [0.25, 0.3) is 0 Å². The molecule has 0 saturated heterocycles. The van der Waals surface area contributed by atoms with Crippen molar-refractivity contribution < 1.29 is 23.1 Å². The summed E-state index contributed by atoms with van der Waals surface area (Å²) in [6.45, 7) is 1.71. The Bertz CT molecular complexity index is 1160. The van der Waals surface area contributed by atoms with Gasteiger partial charge in [-0.25, -0.2) is 13.2 Å². The Kier molecular flexibility index (Phi) is 7.23. The average Bonchev–Trinajstić information content (AvgIpc) is 2.73. The predicted octanol–water partition coefficient (Wildman–Crippen LogP) is 4.99. The molecule has 0 aromatic heterocycles. The van der Waals surface area contributed by atoms with Gasteiger partial charge in [0.25, 0.3) is 5.91 Å². The molecular formula is C24H19F3N2O2S. The van der Waals surface area contributed by atoms with Gasteiger partial charge in [0.05, 0.1) is 11.6 Å². The van der Waals surface area contributed by atoms with Gasteiger partial charge in [-0.1, -0.05) is 0 Å². The van der Waals surface area contributed by atoms with Gasteiger partial charge in [0, 0.05) is 28.8 Å². The number of aryl methyl sites for hydroxylation is 1. The summed E-state index contributed by atoms with van der Waals surface area (Å²) in [5, 5.41) is 22.9. The lowest BCUT2D eigenvalue weighted by atomic mass is 9.95. The van der Waals surface area contributed by atoms with Crippen LogP contribution in [0.4, 0.5) is 18.9 Å². The third kappa shape index (κ3) is 5.90. The summed E-state index contributed by atoms with van der Waals surface area (Å²) in [5.41, 5.74) is -0.485. The molecule has 1 amide bonds. The fourth-order valence-electron chi connectivity index (χ4n) is 3.10. The zero-order valence-electron chi connectivity index (χ0n) is 17.0. The molecule has 8 heteroatoms. The maximum Gasteiger partial charge on any atom is 0.257 e. The number of rotatable bonds is 7. The van der Waals surface area contributed by atoms with Crippen LogP contribution in [-0.2, 0) is 11.2 Å². The van der Waals surface area contributed by atoms with Gasteiger partial charge >= 0.3 is 0 Å². The number of hydrogen-bond donors (Lipinski definition) is 2. The summed E-state index contributed by atoms with van der Waals surface area (Å²) in [4.78, 5) is 13.7. The van der Waals surface area contributed by atoms with E-state index < -0.39 is 29.0 Å². The van der Waals surface area contributed by atoms with E-state index in [1.165, 1.54) is 30.3 Å². The first kappa shape index (κ1) is 23.4. The van der Waals surface area contributed by atoms with Crippen molar-refractivity contribution in [2.45, 2.75) is 23.8 Å². The van der Waals surface area contributed by atoms with Crippen molar-refractivity contribution in [2.75, 3.05) is 11.1 Å². The number of hydrogen-bond acceptors (Lipinski definition) is 4. The van der Waals surface area contributed by atoms with Gasteiger partial charge in [-0.15, -0.1) is 11.8 Å². The van der Waals surface area contributed by atoms with E-state index in [4.69, 9.17) is 5.26 Å². The molecule has 0 spiro atoms. The van der Waals surface area contributed by atoms with E-state index in [-0.39, 0.29) is 17.7 Å². The van der Waals surface area contributed by atoms with Crippen molar-refractivity contribution in [2.24, 2.45) is 0 Å². The number of nitriles is 1. The minimum absolute atomic E-state index is 0.107. The molecule has 3 aromatic rings. The first-order valence-electron chi connectivity index (χ1n) is 9.56. The number of anilines is 1. The fraction of sp³-hybridized carbons (Fsp3) is 0.167. The lowest BCUT2D eigenvalue weighted by Gasteiger charge is -2.27. The third-order valence-electron chi connectivity index (χ3n) is 4.74. The molecule has 0 aliphatic rings. The van der Waals surface area contributed by atoms with Crippen LogP contribution in [0.2, 0.25) is 0 Å². The minimum Gasteiger partial charge on any atom is -0.379 e. The van der Waals surface area contributed by atoms with E-state index in [0.717, 1.165) is 23.9 Å². The van der Waals surface area contributed by atoms with Gasteiger partial charge in [0.1, 0.15) is 17.5 Å². The van der Waals surface area contributed by atoms with Crippen molar-refractivity contribution >= 4 is 23.4 Å². The highest BCUT2D eigenvalue weighted by atomic mass is 32.2. The van der Waals surface area contributed by atoms with Gasteiger partial charge in [-0.05, 0) is 72.6 Å². The molecule has 0 radical (unpaired) electrons. The second-order valence-electron chi connectivity index (χ2n) is 7.32. The maximum absolute atomic E-state index is 13.7. The predicted molar refractivity (Wildman–Crippen MR) is 117 cm³/mol. The first-order valence-corrected chi connectivity index (χ1v) is 10.5. The SMILES string of the molecule is Cc1cc(NC(=O)[C@@](O)(CSc2ccc(F)cc2)Cc2cc(F)cc(F)c2)ccc1C#N. The van der Waals surface area contributed by atoms with Gasteiger partial charge in [0.2, 0.25) is 0 Å². The third-order valence-corrected chi connectivity index (χ3v) is 5.96. The quantitative estimate of drug-likeness (QED) is 0.492. The van der Waals surface area contributed by atoms with Crippen LogP contribution >= 0.6 is 11.8 Å². The van der Waals surface area contributed by atoms with Gasteiger partial charge in [-0.3, -0.25) is 4.79 Å². The second kappa shape index (κ2) is 9.90. The van der Waals surface area contributed by atoms with Crippen molar-refractivity contribution in [1.29, 1.82) is 5.26 Å². The Balaban J connectivity index is 1.87. The number of carbonyl (C=O) groups is 1. The number of carbonyl (C=O) groups excluding carboxylic acids is 1. The summed E-state index contributed by atoms with van der Waals surface area (Å²) >= 11 is 1.10. The number of halogens is 3. The lowest BCUT2D eigenvalue weighted by molar-refractivity contribution is -0.131. The highest BCUT2D eigenvalue weighted by Crippen LogP contribution is 2.28. The van der Waals surface area contributed by atoms with E-state index in [1.807, 2.05) is 6.07 Å². The number of thioether (sulfide) groups is 1. The Morgan fingerprint density at radius 2 is 1.69 bits per heavy atom. The van der Waals surface area contributed by atoms with E-state index >= 15 is 0 Å². The Labute approximate surface area is 187 Å². The smallest absolute Gasteiger partial charge is 0.257 e. The van der Waals surface area contributed by atoms with Crippen molar-refractivity contribution in [1.82, 2.24) is 0 Å². The molecule has 164 valence electrons. The maximum atomic E-state index is 13.7. The molecule has 0 aliphatic heterocycles. The minimum atomic E-state index is -2.04. The van der Waals surface area contributed by atoms with Crippen LogP contribution in [0.3, 0.4) is 0 Å². The average molecular weight is 456 g/mol. The molecule has 4 nitrogen and oxygen atoms in total. The molecule has 0 saturated carbocycles. The van der Waals surface area contributed by atoms with Crippen molar-refractivity contribution in [3.8, 4) is 6.07 Å². The molecule has 1 atom stereocenters. The molecule has 2 N–H and O–H groups in total. The molecule has 32 heavy (non-hydrogen) atoms. The summed E-state index contributed by atoms with van der Waals surface area (Å²) < 4.78 is 40.5. The van der Waals surface area contributed by atoms with Crippen LogP contribution < -0.4 is 5.32 Å². The largest absolute Gasteiger partial charge is 0.379 e. The van der Waals surface area contributed by atoms with Crippen LogP contribution in [0, 0.1) is 35.7 Å². The highest BCUT2D eigenvalue weighted by molar-refractivity contribution is 7.99. The van der Waals surface area contributed by atoms with E-state index in [2.05, 4.69) is 5.32 Å². The number of aliphatic hydroxyl groups is 1. The summed E-state index contributed by atoms with van der Waals surface area (Å²) in [7, 11) is 0. The highest BCUT2D eigenvalue weighted by Gasteiger charge is 2.37. The number of amides is 1. The van der Waals surface area contributed by atoms with Crippen LogP contribution in [0.1, 0.15) is 16.7 Å². The van der Waals surface area contributed by atoms with Crippen molar-refractivity contribution in [3.05, 3.63) is 94.8 Å². The monoisotopic (exact) mass is 456 g/mol. The molecule has 3 rings (SSSR count). The molecule has 0 fully saturated rings. The Hall–Kier alpha value is -3.28. The zero-order valence-corrected chi connectivity index (χ0v) is 17.8. The van der Waals surface area contributed by atoms with Gasteiger partial charge < -0.3 is 10.4 Å². The second-order valence-corrected chi connectivity index (χ2v) is 8.37. The normalized spacial score (nSPS) is 12.6. The number of benzene rings is 3. The molecule has 0 heterocycles. The molecule has 0 bridgehead atoms. The zero-order chi connectivity index (χ0) is 23.3. The summed E-state index contributed by atoms with van der Waals surface area (Å²) in [5.74, 6) is -3.00. The molecule has 0 unspecified atom stereocenters. The topological polar surface area (TPSA) is 73.1 Å². The fourth-order valence-corrected chi connectivity index (χ4v) is 4.06. The van der Waals surface area contributed by atoms with Crippen LogP contribution in [-0.4, -0.2) is 22.4 Å². The Morgan fingerprint density at radius 3 is 2.28 bits per heavy atom. The number of nitrogens with zero attached hydrogens (tertiary/aromatic N) is 1. The van der Waals surface area contributed by atoms with Crippen LogP contribution in [0.15, 0.2) is 65.6 Å². The molecule has 0 aliphatic carbocycles. The molecular weight excluding hydrogens is 437 g/mol. The lowest BCUT2D eigenvalue weighted by Crippen LogP contribution is -2.47. The Morgan fingerprint density at radius 1 is 1.03 bits per heavy atom. The van der Waals surface area contributed by atoms with Crippen LogP contribution in [0.5, 0.6) is 0 Å². The van der Waals surface area contributed by atoms with Gasteiger partial charge in [-0.2, -0.15) is 5.26 Å². The van der Waals surface area contributed by atoms with Crippen molar-refractivity contribution in [3.63, 3.8) is 0 Å².